The van der Waals surface area contributed by atoms with Crippen molar-refractivity contribution in [3.8, 4) is 0 Å². The summed E-state index contributed by atoms with van der Waals surface area (Å²) >= 11 is 5.92. The average Bonchev–Trinajstić information content (AvgIpc) is 2.70. The van der Waals surface area contributed by atoms with Gasteiger partial charge < -0.3 is 16.4 Å². The molecule has 0 radical (unpaired) electrons. The summed E-state index contributed by atoms with van der Waals surface area (Å²) in [6.45, 7) is 0.579. The van der Waals surface area contributed by atoms with E-state index in [2.05, 4.69) is 25.6 Å². The number of hydrogen-bond donors (Lipinski definition) is 3. The molecule has 0 atom stereocenters. The third-order valence-corrected chi connectivity index (χ3v) is 4.41. The van der Waals surface area contributed by atoms with Crippen LogP contribution in [0.4, 0.5) is 23.0 Å². The van der Waals surface area contributed by atoms with E-state index in [0.29, 0.717) is 28.9 Å². The second-order valence-electron chi connectivity index (χ2n) is 5.97. The highest BCUT2D eigenvalue weighted by molar-refractivity contribution is 6.30. The fraction of sp³-hybridized carbons (Fsp3) is 0.0500. The van der Waals surface area contributed by atoms with Gasteiger partial charge in [0.2, 0.25) is 0 Å². The van der Waals surface area contributed by atoms with Crippen LogP contribution < -0.4 is 16.4 Å². The largest absolute Gasteiger partial charge is 0.393 e. The number of nitrogens with two attached hydrogens (primary N) is 1. The zero-order valence-corrected chi connectivity index (χ0v) is 15.1. The van der Waals surface area contributed by atoms with Gasteiger partial charge in [0.15, 0.2) is 11.6 Å². The van der Waals surface area contributed by atoms with Crippen LogP contribution in [-0.2, 0) is 6.54 Å². The van der Waals surface area contributed by atoms with Gasteiger partial charge in [-0.25, -0.2) is 9.97 Å². The zero-order valence-electron chi connectivity index (χ0n) is 14.4. The lowest BCUT2D eigenvalue weighted by Gasteiger charge is -2.13. The van der Waals surface area contributed by atoms with Crippen LogP contribution in [0.1, 0.15) is 5.56 Å². The van der Waals surface area contributed by atoms with Crippen LogP contribution >= 0.6 is 11.6 Å². The first-order chi connectivity index (χ1) is 13.2. The van der Waals surface area contributed by atoms with Crippen molar-refractivity contribution in [1.29, 1.82) is 0 Å². The van der Waals surface area contributed by atoms with Gasteiger partial charge in [0, 0.05) is 28.8 Å². The SMILES string of the molecule is Nc1c(NCc2ccc(Cl)cc2)ncnc1Nc1cccc2ncccc12. The Morgan fingerprint density at radius 3 is 2.56 bits per heavy atom. The summed E-state index contributed by atoms with van der Waals surface area (Å²) in [6, 6.07) is 17.4. The number of halogens is 1. The topological polar surface area (TPSA) is 88.8 Å². The van der Waals surface area contributed by atoms with Crippen LogP contribution in [0.15, 0.2) is 67.1 Å². The van der Waals surface area contributed by atoms with E-state index in [0.717, 1.165) is 22.2 Å². The summed E-state index contributed by atoms with van der Waals surface area (Å²) < 4.78 is 0. The molecule has 0 saturated heterocycles. The quantitative estimate of drug-likeness (QED) is 0.471. The number of nitrogen functional groups attached to an aromatic ring is 1. The molecule has 2 aromatic heterocycles. The van der Waals surface area contributed by atoms with Crippen molar-refractivity contribution in [2.45, 2.75) is 6.54 Å². The van der Waals surface area contributed by atoms with E-state index in [1.807, 2.05) is 54.6 Å². The molecule has 134 valence electrons. The van der Waals surface area contributed by atoms with E-state index in [9.17, 15) is 0 Å². The Labute approximate surface area is 161 Å². The van der Waals surface area contributed by atoms with Gasteiger partial charge in [-0.05, 0) is 42.0 Å². The highest BCUT2D eigenvalue weighted by atomic mass is 35.5. The summed E-state index contributed by atoms with van der Waals surface area (Å²) in [5.41, 5.74) is 9.59. The number of hydrogen-bond acceptors (Lipinski definition) is 6. The Balaban J connectivity index is 1.57. The molecule has 0 fully saturated rings. The molecule has 27 heavy (non-hydrogen) atoms. The average molecular weight is 377 g/mol. The molecule has 0 bridgehead atoms. The van der Waals surface area contributed by atoms with Crippen molar-refractivity contribution in [2.75, 3.05) is 16.4 Å². The Kier molecular flexibility index (Phi) is 4.72. The Morgan fingerprint density at radius 2 is 1.70 bits per heavy atom. The van der Waals surface area contributed by atoms with Gasteiger partial charge in [0.1, 0.15) is 12.0 Å². The summed E-state index contributed by atoms with van der Waals surface area (Å²) in [4.78, 5) is 12.9. The first kappa shape index (κ1) is 17.1. The Hall–Kier alpha value is -3.38. The third-order valence-electron chi connectivity index (χ3n) is 4.16. The van der Waals surface area contributed by atoms with E-state index in [1.54, 1.807) is 6.20 Å². The molecule has 0 aliphatic carbocycles. The van der Waals surface area contributed by atoms with E-state index in [4.69, 9.17) is 17.3 Å². The highest BCUT2D eigenvalue weighted by Gasteiger charge is 2.10. The summed E-state index contributed by atoms with van der Waals surface area (Å²) in [6.07, 6.45) is 3.25. The molecule has 6 nitrogen and oxygen atoms in total. The summed E-state index contributed by atoms with van der Waals surface area (Å²) in [7, 11) is 0. The maximum absolute atomic E-state index is 6.28. The molecular formula is C20H17ClN6. The molecule has 2 heterocycles. The normalized spacial score (nSPS) is 10.7. The lowest BCUT2D eigenvalue weighted by Crippen LogP contribution is -2.08. The van der Waals surface area contributed by atoms with Gasteiger partial charge in [-0.1, -0.05) is 29.8 Å². The fourth-order valence-corrected chi connectivity index (χ4v) is 2.89. The molecule has 7 heteroatoms. The van der Waals surface area contributed by atoms with Crippen molar-refractivity contribution in [2.24, 2.45) is 0 Å². The molecule has 4 aromatic rings. The Morgan fingerprint density at radius 1 is 0.889 bits per heavy atom. The summed E-state index contributed by atoms with van der Waals surface area (Å²) in [5.74, 6) is 1.11. The van der Waals surface area contributed by atoms with Crippen molar-refractivity contribution < 1.29 is 0 Å². The minimum atomic E-state index is 0.451. The second-order valence-corrected chi connectivity index (χ2v) is 6.40. The van der Waals surface area contributed by atoms with Crippen molar-refractivity contribution >= 4 is 45.5 Å². The maximum atomic E-state index is 6.28. The first-order valence-electron chi connectivity index (χ1n) is 8.40. The van der Waals surface area contributed by atoms with Gasteiger partial charge in [-0.3, -0.25) is 4.98 Å². The fourth-order valence-electron chi connectivity index (χ4n) is 2.76. The van der Waals surface area contributed by atoms with Crippen molar-refractivity contribution in [1.82, 2.24) is 15.0 Å². The lowest BCUT2D eigenvalue weighted by molar-refractivity contribution is 1.09. The van der Waals surface area contributed by atoms with Crippen molar-refractivity contribution in [3.63, 3.8) is 0 Å². The monoisotopic (exact) mass is 376 g/mol. The molecule has 0 amide bonds. The van der Waals surface area contributed by atoms with Crippen LogP contribution in [0.5, 0.6) is 0 Å². The van der Waals surface area contributed by atoms with Gasteiger partial charge in [0.25, 0.3) is 0 Å². The molecule has 0 saturated carbocycles. The van der Waals surface area contributed by atoms with E-state index >= 15 is 0 Å². The molecule has 0 aliphatic heterocycles. The number of nitrogens with one attached hydrogen (secondary N) is 2. The third kappa shape index (κ3) is 3.75. The van der Waals surface area contributed by atoms with Crippen LogP contribution in [0, 0.1) is 0 Å². The zero-order chi connectivity index (χ0) is 18.6. The number of benzene rings is 2. The number of aromatic nitrogens is 3. The van der Waals surface area contributed by atoms with E-state index in [-0.39, 0.29) is 0 Å². The number of pyridine rings is 1. The van der Waals surface area contributed by atoms with E-state index in [1.165, 1.54) is 6.33 Å². The Bertz CT molecular complexity index is 1080. The first-order valence-corrected chi connectivity index (χ1v) is 8.78. The van der Waals surface area contributed by atoms with E-state index < -0.39 is 0 Å². The molecular weight excluding hydrogens is 360 g/mol. The molecule has 0 aliphatic rings. The number of rotatable bonds is 5. The second kappa shape index (κ2) is 7.47. The minimum absolute atomic E-state index is 0.451. The van der Waals surface area contributed by atoms with Crippen LogP contribution in [-0.4, -0.2) is 15.0 Å². The highest BCUT2D eigenvalue weighted by Crippen LogP contribution is 2.29. The van der Waals surface area contributed by atoms with Gasteiger partial charge in [-0.15, -0.1) is 0 Å². The van der Waals surface area contributed by atoms with Gasteiger partial charge >= 0.3 is 0 Å². The molecule has 2 aromatic carbocycles. The predicted octanol–water partition coefficient (Wildman–Crippen LogP) is 4.62. The number of fused-ring (bicyclic) bond motifs is 1. The molecule has 4 rings (SSSR count). The molecule has 0 unspecified atom stereocenters. The smallest absolute Gasteiger partial charge is 0.159 e. The van der Waals surface area contributed by atoms with Crippen LogP contribution in [0.25, 0.3) is 10.9 Å². The maximum Gasteiger partial charge on any atom is 0.159 e. The van der Waals surface area contributed by atoms with Crippen molar-refractivity contribution in [3.05, 3.63) is 77.7 Å². The van der Waals surface area contributed by atoms with Gasteiger partial charge in [0.05, 0.1) is 5.52 Å². The van der Waals surface area contributed by atoms with Crippen LogP contribution in [0.2, 0.25) is 5.02 Å². The lowest BCUT2D eigenvalue weighted by atomic mass is 10.2. The summed E-state index contributed by atoms with van der Waals surface area (Å²) in [5, 5.41) is 8.23. The number of nitrogens with zero attached hydrogens (tertiary/aromatic N) is 3. The standard InChI is InChI=1S/C20H17ClN6/c21-14-8-6-13(7-9-14)11-24-19-18(22)20(26-12-25-19)27-17-5-1-4-16-15(17)3-2-10-23-16/h1-10,12H,11,22H2,(H2,24,25,26,27). The minimum Gasteiger partial charge on any atom is -0.393 e. The predicted molar refractivity (Wildman–Crippen MR) is 110 cm³/mol. The number of anilines is 4. The molecule has 4 N–H and O–H groups in total. The van der Waals surface area contributed by atoms with Gasteiger partial charge in [-0.2, -0.15) is 0 Å². The van der Waals surface area contributed by atoms with Crippen LogP contribution in [0.3, 0.4) is 0 Å². The molecule has 0 spiro atoms.